The number of carboxylic acid groups (broad SMARTS) is 1. The van der Waals surface area contributed by atoms with Crippen LogP contribution < -0.4 is 4.90 Å². The van der Waals surface area contributed by atoms with Crippen molar-refractivity contribution in [2.24, 2.45) is 0 Å². The predicted octanol–water partition coefficient (Wildman–Crippen LogP) is 2.19. The van der Waals surface area contributed by atoms with E-state index in [9.17, 15) is 4.79 Å². The second-order valence-electron chi connectivity index (χ2n) is 3.48. The predicted molar refractivity (Wildman–Crippen MR) is 63.1 cm³/mol. The van der Waals surface area contributed by atoms with Crippen molar-refractivity contribution in [3.05, 3.63) is 15.5 Å². The molecule has 0 amide bonds. The third-order valence-corrected chi connectivity index (χ3v) is 3.21. The average molecular weight is 307 g/mol. The normalized spacial score (nSPS) is 15.5. The lowest BCUT2D eigenvalue weighted by Gasteiger charge is -2.17. The topological polar surface area (TPSA) is 66.3 Å². The number of hydrogen-bond acceptors (Lipinski definition) is 4. The Morgan fingerprint density at radius 1 is 1.38 bits per heavy atom. The van der Waals surface area contributed by atoms with Gasteiger partial charge in [0.1, 0.15) is 4.60 Å². The van der Waals surface area contributed by atoms with E-state index >= 15 is 0 Å². The Morgan fingerprint density at radius 2 is 2.00 bits per heavy atom. The molecule has 1 fully saturated rings. The van der Waals surface area contributed by atoms with Crippen molar-refractivity contribution < 1.29 is 9.90 Å². The summed E-state index contributed by atoms with van der Waals surface area (Å²) >= 11 is 9.02. The molecule has 86 valence electrons. The third-order valence-electron chi connectivity index (χ3n) is 2.40. The molecule has 0 atom stereocenters. The fraction of sp³-hybridized carbons (Fsp3) is 0.444. The molecule has 1 aliphatic rings. The van der Waals surface area contributed by atoms with E-state index in [2.05, 4.69) is 25.9 Å². The van der Waals surface area contributed by atoms with Crippen molar-refractivity contribution in [3.63, 3.8) is 0 Å². The number of nitrogens with zero attached hydrogens (tertiary/aromatic N) is 3. The highest BCUT2D eigenvalue weighted by molar-refractivity contribution is 9.10. The van der Waals surface area contributed by atoms with Crippen LogP contribution in [-0.4, -0.2) is 34.1 Å². The van der Waals surface area contributed by atoms with Gasteiger partial charge >= 0.3 is 5.97 Å². The molecule has 16 heavy (non-hydrogen) atoms. The largest absolute Gasteiger partial charge is 0.476 e. The van der Waals surface area contributed by atoms with Crippen LogP contribution in [0.4, 0.5) is 5.82 Å². The lowest BCUT2D eigenvalue weighted by atomic mass is 10.4. The molecule has 0 bridgehead atoms. The Balaban J connectivity index is 2.40. The molecule has 0 saturated carbocycles. The van der Waals surface area contributed by atoms with Crippen molar-refractivity contribution in [2.75, 3.05) is 18.0 Å². The summed E-state index contributed by atoms with van der Waals surface area (Å²) in [5, 5.41) is 8.98. The summed E-state index contributed by atoms with van der Waals surface area (Å²) in [6, 6.07) is 0. The van der Waals surface area contributed by atoms with Crippen LogP contribution in [0.15, 0.2) is 4.60 Å². The molecule has 0 radical (unpaired) electrons. The van der Waals surface area contributed by atoms with E-state index in [0.717, 1.165) is 25.9 Å². The molecule has 0 unspecified atom stereocenters. The van der Waals surface area contributed by atoms with Gasteiger partial charge in [0.15, 0.2) is 16.7 Å². The van der Waals surface area contributed by atoms with Crippen molar-refractivity contribution in [1.82, 2.24) is 9.97 Å². The van der Waals surface area contributed by atoms with Crippen LogP contribution in [0.25, 0.3) is 0 Å². The summed E-state index contributed by atoms with van der Waals surface area (Å²) in [7, 11) is 0. The third kappa shape index (κ3) is 2.12. The number of aromatic nitrogens is 2. The molecule has 0 spiro atoms. The van der Waals surface area contributed by atoms with Crippen LogP contribution >= 0.6 is 27.5 Å². The summed E-state index contributed by atoms with van der Waals surface area (Å²) < 4.78 is 0.214. The van der Waals surface area contributed by atoms with Crippen LogP contribution in [-0.2, 0) is 0 Å². The molecule has 0 aliphatic carbocycles. The zero-order valence-corrected chi connectivity index (χ0v) is 10.6. The molecule has 0 aromatic carbocycles. The number of anilines is 1. The van der Waals surface area contributed by atoms with Crippen LogP contribution in [0.5, 0.6) is 0 Å². The monoisotopic (exact) mass is 305 g/mol. The summed E-state index contributed by atoms with van der Waals surface area (Å²) in [5.74, 6) is -0.592. The maximum absolute atomic E-state index is 10.8. The van der Waals surface area contributed by atoms with Gasteiger partial charge in [-0.1, -0.05) is 11.6 Å². The molecule has 1 aromatic heterocycles. The number of carbonyl (C=O) groups is 1. The molecule has 1 N–H and O–H groups in total. The van der Waals surface area contributed by atoms with E-state index in [1.165, 1.54) is 0 Å². The van der Waals surface area contributed by atoms with Gasteiger partial charge < -0.3 is 10.0 Å². The quantitative estimate of drug-likeness (QED) is 0.907. The van der Waals surface area contributed by atoms with Gasteiger partial charge in [-0.3, -0.25) is 0 Å². The van der Waals surface area contributed by atoms with Gasteiger partial charge in [0.05, 0.1) is 0 Å². The highest BCUT2D eigenvalue weighted by Crippen LogP contribution is 2.28. The Bertz CT molecular complexity index is 435. The zero-order chi connectivity index (χ0) is 11.7. The Morgan fingerprint density at radius 3 is 2.56 bits per heavy atom. The van der Waals surface area contributed by atoms with E-state index in [4.69, 9.17) is 16.7 Å². The van der Waals surface area contributed by atoms with Crippen molar-refractivity contribution in [2.45, 2.75) is 12.8 Å². The Hall–Kier alpha value is -0.880. The number of carboxylic acids is 1. The molecule has 5 nitrogen and oxygen atoms in total. The minimum Gasteiger partial charge on any atom is -0.476 e. The van der Waals surface area contributed by atoms with Crippen LogP contribution in [0.1, 0.15) is 23.3 Å². The van der Waals surface area contributed by atoms with E-state index < -0.39 is 5.97 Å². The zero-order valence-electron chi connectivity index (χ0n) is 8.28. The standard InChI is InChI=1S/C9H9BrClN3O2/c10-6-5(9(15)16)12-7(11)8(13-6)14-3-1-2-4-14/h1-4H2,(H,15,16). The summed E-state index contributed by atoms with van der Waals surface area (Å²) in [6.07, 6.45) is 2.19. The minimum absolute atomic E-state index is 0.141. The number of halogens is 2. The molecular formula is C9H9BrClN3O2. The minimum atomic E-state index is -1.14. The molecule has 1 saturated heterocycles. The molecular weight excluding hydrogens is 297 g/mol. The molecule has 2 heterocycles. The maximum atomic E-state index is 10.8. The highest BCUT2D eigenvalue weighted by atomic mass is 79.9. The second-order valence-corrected chi connectivity index (χ2v) is 4.59. The average Bonchev–Trinajstić information content (AvgIpc) is 2.73. The number of aromatic carboxylic acids is 1. The van der Waals surface area contributed by atoms with E-state index in [1.54, 1.807) is 0 Å². The van der Waals surface area contributed by atoms with E-state index in [1.807, 2.05) is 4.90 Å². The first kappa shape index (κ1) is 11.6. The first-order valence-electron chi connectivity index (χ1n) is 4.81. The summed E-state index contributed by atoms with van der Waals surface area (Å²) in [5.41, 5.74) is -0.159. The smallest absolute Gasteiger partial charge is 0.357 e. The first-order chi connectivity index (χ1) is 7.59. The summed E-state index contributed by atoms with van der Waals surface area (Å²) in [6.45, 7) is 1.76. The van der Waals surface area contributed by atoms with Gasteiger partial charge in [-0.2, -0.15) is 0 Å². The van der Waals surface area contributed by atoms with Gasteiger partial charge in [0.25, 0.3) is 0 Å². The summed E-state index contributed by atoms with van der Waals surface area (Å²) in [4.78, 5) is 20.8. The molecule has 7 heteroatoms. The number of rotatable bonds is 2. The lowest BCUT2D eigenvalue weighted by molar-refractivity contribution is 0.0689. The number of hydrogen-bond donors (Lipinski definition) is 1. The van der Waals surface area contributed by atoms with E-state index in [0.29, 0.717) is 5.82 Å². The molecule has 1 aliphatic heterocycles. The highest BCUT2D eigenvalue weighted by Gasteiger charge is 2.21. The van der Waals surface area contributed by atoms with Crippen LogP contribution in [0, 0.1) is 0 Å². The van der Waals surface area contributed by atoms with Gasteiger partial charge in [-0.25, -0.2) is 14.8 Å². The first-order valence-corrected chi connectivity index (χ1v) is 5.98. The Kier molecular flexibility index (Phi) is 3.30. The van der Waals surface area contributed by atoms with E-state index in [-0.39, 0.29) is 15.5 Å². The maximum Gasteiger partial charge on any atom is 0.357 e. The van der Waals surface area contributed by atoms with Crippen molar-refractivity contribution in [1.29, 1.82) is 0 Å². The van der Waals surface area contributed by atoms with Gasteiger partial charge in [0, 0.05) is 13.1 Å². The SMILES string of the molecule is O=C(O)c1nc(Cl)c(N2CCCC2)nc1Br. The lowest BCUT2D eigenvalue weighted by Crippen LogP contribution is -2.21. The van der Waals surface area contributed by atoms with Gasteiger partial charge in [0.2, 0.25) is 0 Å². The van der Waals surface area contributed by atoms with Gasteiger partial charge in [-0.15, -0.1) is 0 Å². The molecule has 1 aromatic rings. The van der Waals surface area contributed by atoms with Crippen LogP contribution in [0.3, 0.4) is 0 Å². The van der Waals surface area contributed by atoms with Crippen molar-refractivity contribution >= 4 is 39.3 Å². The van der Waals surface area contributed by atoms with Crippen LogP contribution in [0.2, 0.25) is 5.15 Å². The second kappa shape index (κ2) is 4.55. The van der Waals surface area contributed by atoms with Gasteiger partial charge in [-0.05, 0) is 28.8 Å². The fourth-order valence-electron chi connectivity index (χ4n) is 1.65. The fourth-order valence-corrected chi connectivity index (χ4v) is 2.33. The molecule has 2 rings (SSSR count). The Labute approximate surface area is 106 Å². The van der Waals surface area contributed by atoms with Crippen molar-refractivity contribution in [3.8, 4) is 0 Å².